The maximum absolute atomic E-state index is 12.2. The number of fused-ring (bicyclic) bond motifs is 1. The van der Waals surface area contributed by atoms with Gasteiger partial charge in [0.15, 0.2) is 0 Å². The van der Waals surface area contributed by atoms with Gasteiger partial charge in [0.05, 0.1) is 19.7 Å². The van der Waals surface area contributed by atoms with Crippen LogP contribution >= 0.6 is 0 Å². The van der Waals surface area contributed by atoms with Gasteiger partial charge < -0.3 is 25.1 Å². The Labute approximate surface area is 163 Å². The Morgan fingerprint density at radius 3 is 2.71 bits per heavy atom. The molecule has 3 rings (SSSR count). The van der Waals surface area contributed by atoms with Crippen LogP contribution in [0.25, 0.3) is 10.9 Å². The summed E-state index contributed by atoms with van der Waals surface area (Å²) in [5, 5.41) is 6.94. The number of H-pyrrole nitrogens is 1. The molecule has 0 atom stereocenters. The maximum atomic E-state index is 12.2. The van der Waals surface area contributed by atoms with Gasteiger partial charge in [-0.05, 0) is 24.6 Å². The highest BCUT2D eigenvalue weighted by molar-refractivity contribution is 5.89. The molecule has 1 aromatic carbocycles. The fourth-order valence-electron chi connectivity index (χ4n) is 2.85. The third-order valence-electron chi connectivity index (χ3n) is 4.37. The molecule has 0 spiro atoms. The Balaban J connectivity index is 1.88. The van der Waals surface area contributed by atoms with Crippen LogP contribution in [-0.4, -0.2) is 35.7 Å². The van der Waals surface area contributed by atoms with Crippen molar-refractivity contribution < 1.29 is 9.47 Å². The first-order chi connectivity index (χ1) is 13.7. The van der Waals surface area contributed by atoms with Crippen LogP contribution in [0.15, 0.2) is 35.3 Å². The van der Waals surface area contributed by atoms with Gasteiger partial charge in [0.25, 0.3) is 5.56 Å². The fourth-order valence-corrected chi connectivity index (χ4v) is 2.85. The van der Waals surface area contributed by atoms with Crippen molar-refractivity contribution in [2.45, 2.75) is 26.3 Å². The van der Waals surface area contributed by atoms with E-state index in [1.54, 1.807) is 26.5 Å². The van der Waals surface area contributed by atoms with E-state index < -0.39 is 0 Å². The number of aromatic nitrogens is 3. The van der Waals surface area contributed by atoms with E-state index in [1.165, 1.54) is 0 Å². The average molecular weight is 383 g/mol. The van der Waals surface area contributed by atoms with Crippen molar-refractivity contribution in [1.29, 1.82) is 0 Å². The van der Waals surface area contributed by atoms with E-state index >= 15 is 0 Å². The second-order valence-corrected chi connectivity index (χ2v) is 6.27. The molecule has 8 heteroatoms. The van der Waals surface area contributed by atoms with Gasteiger partial charge in [-0.15, -0.1) is 0 Å². The van der Waals surface area contributed by atoms with Crippen molar-refractivity contribution in [1.82, 2.24) is 15.0 Å². The molecule has 3 aromatic rings. The molecule has 0 unspecified atom stereocenters. The van der Waals surface area contributed by atoms with Crippen LogP contribution in [0.1, 0.15) is 25.3 Å². The lowest BCUT2D eigenvalue weighted by molar-refractivity contribution is 0.391. The normalized spacial score (nSPS) is 10.7. The van der Waals surface area contributed by atoms with Crippen molar-refractivity contribution >= 4 is 22.7 Å². The number of hydrogen-bond acceptors (Lipinski definition) is 7. The minimum absolute atomic E-state index is 0.208. The van der Waals surface area contributed by atoms with E-state index in [0.29, 0.717) is 35.0 Å². The summed E-state index contributed by atoms with van der Waals surface area (Å²) in [5.41, 5.74) is 1.32. The smallest absolute Gasteiger partial charge is 0.261 e. The van der Waals surface area contributed by atoms with Crippen molar-refractivity contribution in [3.8, 4) is 11.5 Å². The number of unbranched alkanes of at least 4 members (excludes halogenated alkanes) is 1. The number of hydrogen-bond donors (Lipinski definition) is 3. The van der Waals surface area contributed by atoms with Gasteiger partial charge in [-0.3, -0.25) is 4.79 Å². The highest BCUT2D eigenvalue weighted by atomic mass is 16.5. The summed E-state index contributed by atoms with van der Waals surface area (Å²) >= 11 is 0. The van der Waals surface area contributed by atoms with Crippen LogP contribution in [-0.2, 0) is 6.54 Å². The number of methoxy groups -OCH3 is 2. The summed E-state index contributed by atoms with van der Waals surface area (Å²) in [6.07, 6.45) is 3.63. The quantitative estimate of drug-likeness (QED) is 0.488. The number of nitrogens with zero attached hydrogens (tertiary/aromatic N) is 2. The lowest BCUT2D eigenvalue weighted by atomic mass is 10.2. The predicted octanol–water partition coefficient (Wildman–Crippen LogP) is 3.16. The molecule has 3 N–H and O–H groups in total. The van der Waals surface area contributed by atoms with Gasteiger partial charge in [-0.1, -0.05) is 13.3 Å². The van der Waals surface area contributed by atoms with Crippen LogP contribution in [0.3, 0.4) is 0 Å². The Kier molecular flexibility index (Phi) is 6.31. The molecule has 0 amide bonds. The van der Waals surface area contributed by atoms with E-state index in [-0.39, 0.29) is 5.56 Å². The summed E-state index contributed by atoms with van der Waals surface area (Å²) < 4.78 is 10.7. The highest BCUT2D eigenvalue weighted by Gasteiger charge is 2.12. The number of anilines is 2. The first kappa shape index (κ1) is 19.5. The molecule has 0 saturated heterocycles. The van der Waals surface area contributed by atoms with Gasteiger partial charge in [0, 0.05) is 30.9 Å². The molecule has 2 heterocycles. The zero-order chi connectivity index (χ0) is 19.9. The fraction of sp³-hybridized carbons (Fsp3) is 0.350. The zero-order valence-electron chi connectivity index (χ0n) is 16.3. The highest BCUT2D eigenvalue weighted by Crippen LogP contribution is 2.25. The topological polar surface area (TPSA) is 101 Å². The molecule has 0 saturated carbocycles. The largest absolute Gasteiger partial charge is 0.497 e. The Morgan fingerprint density at radius 1 is 1.11 bits per heavy atom. The minimum atomic E-state index is -0.208. The molecule has 0 bridgehead atoms. The van der Waals surface area contributed by atoms with Crippen LogP contribution in [0.5, 0.6) is 11.5 Å². The molecular formula is C20H25N5O3. The molecule has 0 aliphatic heterocycles. The lowest BCUT2D eigenvalue weighted by Crippen LogP contribution is -2.14. The molecule has 8 nitrogen and oxygen atoms in total. The van der Waals surface area contributed by atoms with Gasteiger partial charge in [-0.2, -0.15) is 4.98 Å². The number of pyridine rings is 1. The van der Waals surface area contributed by atoms with Gasteiger partial charge >= 0.3 is 0 Å². The third-order valence-corrected chi connectivity index (χ3v) is 4.37. The minimum Gasteiger partial charge on any atom is -0.497 e. The standard InChI is InChI=1S/C20H25N5O3/c1-4-5-9-21-18-17-15(8-10-22-19(17)26)24-20(25-18)23-12-13-6-7-14(27-2)11-16(13)28-3/h6-8,10-11H,4-5,9,12H2,1-3H3,(H,22,26)(H2,21,23,24,25). The van der Waals surface area contributed by atoms with E-state index in [1.807, 2.05) is 18.2 Å². The summed E-state index contributed by atoms with van der Waals surface area (Å²) in [7, 11) is 3.23. The maximum Gasteiger partial charge on any atom is 0.261 e. The summed E-state index contributed by atoms with van der Waals surface area (Å²) in [6.45, 7) is 3.32. The second kappa shape index (κ2) is 9.07. The predicted molar refractivity (Wildman–Crippen MR) is 110 cm³/mol. The van der Waals surface area contributed by atoms with Crippen LogP contribution in [0, 0.1) is 0 Å². The molecule has 0 radical (unpaired) electrons. The summed E-state index contributed by atoms with van der Waals surface area (Å²) in [4.78, 5) is 23.9. The number of aromatic amines is 1. The van der Waals surface area contributed by atoms with Gasteiger partial charge in [0.2, 0.25) is 5.95 Å². The van der Waals surface area contributed by atoms with Crippen molar-refractivity contribution in [3.05, 3.63) is 46.4 Å². The third kappa shape index (κ3) is 4.33. The molecule has 2 aromatic heterocycles. The zero-order valence-corrected chi connectivity index (χ0v) is 16.3. The van der Waals surface area contributed by atoms with E-state index in [4.69, 9.17) is 9.47 Å². The summed E-state index contributed by atoms with van der Waals surface area (Å²) in [6, 6.07) is 7.40. The van der Waals surface area contributed by atoms with Crippen molar-refractivity contribution in [2.24, 2.45) is 0 Å². The number of ether oxygens (including phenoxy) is 2. The second-order valence-electron chi connectivity index (χ2n) is 6.27. The van der Waals surface area contributed by atoms with Crippen LogP contribution in [0.2, 0.25) is 0 Å². The molecule has 0 aliphatic rings. The van der Waals surface area contributed by atoms with Gasteiger partial charge in [0.1, 0.15) is 22.7 Å². The number of benzene rings is 1. The van der Waals surface area contributed by atoms with Crippen LogP contribution in [0.4, 0.5) is 11.8 Å². The molecular weight excluding hydrogens is 358 g/mol. The first-order valence-electron chi connectivity index (χ1n) is 9.24. The molecule has 148 valence electrons. The number of rotatable bonds is 9. The summed E-state index contributed by atoms with van der Waals surface area (Å²) in [5.74, 6) is 2.41. The Morgan fingerprint density at radius 2 is 1.96 bits per heavy atom. The van der Waals surface area contributed by atoms with Crippen LogP contribution < -0.4 is 25.7 Å². The van der Waals surface area contributed by atoms with E-state index in [9.17, 15) is 4.79 Å². The van der Waals surface area contributed by atoms with Crippen molar-refractivity contribution in [2.75, 3.05) is 31.4 Å². The first-order valence-corrected chi connectivity index (χ1v) is 9.24. The average Bonchev–Trinajstić information content (AvgIpc) is 2.72. The molecule has 0 fully saturated rings. The lowest BCUT2D eigenvalue weighted by Gasteiger charge is -2.13. The van der Waals surface area contributed by atoms with Gasteiger partial charge in [-0.25, -0.2) is 4.98 Å². The number of nitrogens with one attached hydrogen (secondary N) is 3. The molecule has 28 heavy (non-hydrogen) atoms. The van der Waals surface area contributed by atoms with E-state index in [2.05, 4.69) is 32.5 Å². The Hall–Kier alpha value is -3.29. The van der Waals surface area contributed by atoms with E-state index in [0.717, 1.165) is 30.7 Å². The van der Waals surface area contributed by atoms with Crippen molar-refractivity contribution in [3.63, 3.8) is 0 Å². The molecule has 0 aliphatic carbocycles. The SMILES string of the molecule is CCCCNc1nc(NCc2ccc(OC)cc2OC)nc2cc[nH]c(=O)c12. The Bertz CT molecular complexity index is 1000. The monoisotopic (exact) mass is 383 g/mol.